The molecule has 1 spiro atoms. The third kappa shape index (κ3) is 3.34. The Kier molecular flexibility index (Phi) is 4.26. The van der Waals surface area contributed by atoms with E-state index in [0.29, 0.717) is 42.8 Å². The second-order valence-corrected chi connectivity index (χ2v) is 8.57. The van der Waals surface area contributed by atoms with Crippen molar-refractivity contribution < 1.29 is 18.7 Å². The summed E-state index contributed by atoms with van der Waals surface area (Å²) in [4.78, 5) is 33.6. The van der Waals surface area contributed by atoms with Gasteiger partial charge in [-0.15, -0.1) is 0 Å². The van der Waals surface area contributed by atoms with Crippen molar-refractivity contribution in [2.45, 2.75) is 32.1 Å². The van der Waals surface area contributed by atoms with Gasteiger partial charge in [0, 0.05) is 25.2 Å². The molecule has 29 heavy (non-hydrogen) atoms. The van der Waals surface area contributed by atoms with E-state index in [1.165, 1.54) is 13.2 Å². The second kappa shape index (κ2) is 6.71. The fraction of sp³-hybridized carbons (Fsp3) is 0.571. The van der Waals surface area contributed by atoms with Crippen LogP contribution in [0.25, 0.3) is 10.9 Å². The minimum absolute atomic E-state index is 0.0152. The average molecular weight is 401 g/mol. The smallest absolute Gasteiger partial charge is 0.309 e. The Hall–Kier alpha value is -2.64. The second-order valence-electron chi connectivity index (χ2n) is 8.57. The number of aromatic amines is 1. The van der Waals surface area contributed by atoms with E-state index < -0.39 is 11.4 Å². The Labute approximate surface area is 167 Å². The minimum Gasteiger partial charge on any atom is -0.493 e. The molecule has 1 saturated heterocycles. The van der Waals surface area contributed by atoms with Crippen molar-refractivity contribution in [1.29, 1.82) is 0 Å². The molecular weight excluding hydrogens is 377 g/mol. The van der Waals surface area contributed by atoms with Gasteiger partial charge in [-0.25, -0.2) is 9.37 Å². The Morgan fingerprint density at radius 2 is 2.10 bits per heavy atom. The lowest BCUT2D eigenvalue weighted by atomic mass is 9.91. The van der Waals surface area contributed by atoms with Crippen molar-refractivity contribution in [1.82, 2.24) is 9.97 Å². The van der Waals surface area contributed by atoms with Gasteiger partial charge in [0.1, 0.15) is 17.0 Å². The number of carbonyl (C=O) groups excluding carboxylic acids is 1. The van der Waals surface area contributed by atoms with Crippen LogP contribution in [0.1, 0.15) is 32.1 Å². The quantitative estimate of drug-likeness (QED) is 0.776. The Balaban J connectivity index is 1.36. The first-order chi connectivity index (χ1) is 14.0. The van der Waals surface area contributed by atoms with Gasteiger partial charge in [0.15, 0.2) is 0 Å². The number of carbonyl (C=O) groups is 1. The molecule has 7 nitrogen and oxygen atoms in total. The fourth-order valence-corrected chi connectivity index (χ4v) is 4.46. The van der Waals surface area contributed by atoms with E-state index in [0.717, 1.165) is 32.1 Å². The number of nitrogens with zero attached hydrogens (tertiary/aromatic N) is 2. The van der Waals surface area contributed by atoms with Gasteiger partial charge in [0.25, 0.3) is 5.56 Å². The summed E-state index contributed by atoms with van der Waals surface area (Å²) in [5.41, 5.74) is -0.166. The molecule has 3 fully saturated rings. The summed E-state index contributed by atoms with van der Waals surface area (Å²) < 4.78 is 25.0. The molecule has 1 N–H and O–H groups in total. The first kappa shape index (κ1) is 18.4. The van der Waals surface area contributed by atoms with Crippen LogP contribution in [-0.2, 0) is 9.53 Å². The number of rotatable bonds is 5. The van der Waals surface area contributed by atoms with E-state index in [1.54, 1.807) is 6.07 Å². The monoisotopic (exact) mass is 401 g/mol. The summed E-state index contributed by atoms with van der Waals surface area (Å²) in [5, 5.41) is -0.0473. The van der Waals surface area contributed by atoms with Crippen LogP contribution in [0.4, 0.5) is 10.3 Å². The first-order valence-corrected chi connectivity index (χ1v) is 10.2. The van der Waals surface area contributed by atoms with E-state index in [1.807, 2.05) is 4.90 Å². The van der Waals surface area contributed by atoms with Gasteiger partial charge in [-0.05, 0) is 43.4 Å². The van der Waals surface area contributed by atoms with Gasteiger partial charge < -0.3 is 14.4 Å². The van der Waals surface area contributed by atoms with E-state index in [-0.39, 0.29) is 22.7 Å². The third-order valence-corrected chi connectivity index (χ3v) is 6.64. The molecule has 5 rings (SSSR count). The first-order valence-electron chi connectivity index (χ1n) is 10.2. The number of methoxy groups -OCH3 is 1. The van der Waals surface area contributed by atoms with Crippen molar-refractivity contribution >= 4 is 22.8 Å². The predicted octanol–water partition coefficient (Wildman–Crippen LogP) is 2.63. The molecule has 0 bridgehead atoms. The minimum atomic E-state index is -0.620. The molecule has 1 atom stereocenters. The summed E-state index contributed by atoms with van der Waals surface area (Å²) in [7, 11) is 1.43. The average Bonchev–Trinajstić information content (AvgIpc) is 3.63. The highest BCUT2D eigenvalue weighted by molar-refractivity contribution is 5.81. The topological polar surface area (TPSA) is 84.5 Å². The maximum atomic E-state index is 14.5. The maximum absolute atomic E-state index is 14.5. The Bertz CT molecular complexity index is 1020. The lowest BCUT2D eigenvalue weighted by Gasteiger charge is -2.33. The molecule has 2 heterocycles. The zero-order chi connectivity index (χ0) is 20.2. The zero-order valence-corrected chi connectivity index (χ0v) is 16.4. The van der Waals surface area contributed by atoms with Gasteiger partial charge in [-0.2, -0.15) is 0 Å². The highest BCUT2D eigenvalue weighted by Crippen LogP contribution is 2.59. The van der Waals surface area contributed by atoms with Crippen molar-refractivity contribution in [2.24, 2.45) is 17.3 Å². The molecule has 2 saturated carbocycles. The summed E-state index contributed by atoms with van der Waals surface area (Å²) in [6, 6.07) is 2.89. The van der Waals surface area contributed by atoms with Gasteiger partial charge >= 0.3 is 5.97 Å². The summed E-state index contributed by atoms with van der Waals surface area (Å²) in [6.07, 6.45) is 4.83. The highest BCUT2D eigenvalue weighted by Gasteiger charge is 2.59. The van der Waals surface area contributed by atoms with Crippen LogP contribution in [0.2, 0.25) is 0 Å². The van der Waals surface area contributed by atoms with Gasteiger partial charge in [0.05, 0.1) is 25.2 Å². The molecule has 1 unspecified atom stereocenters. The standard InChI is InChI=1S/C21H24FN3O4/c1-28-19(27)14-10-21(14)4-6-25(7-5-21)20-23-16-9-13(29-11-12-2-3-12)8-15(22)17(16)18(26)24-20/h8-9,12,14H,2-7,10-11H2,1H3,(H,23,24,26). The normalized spacial score (nSPS) is 22.7. The lowest BCUT2D eigenvalue weighted by Crippen LogP contribution is -2.37. The van der Waals surface area contributed by atoms with E-state index in [2.05, 4.69) is 9.97 Å². The van der Waals surface area contributed by atoms with Crippen LogP contribution in [0.15, 0.2) is 16.9 Å². The number of esters is 1. The third-order valence-electron chi connectivity index (χ3n) is 6.64. The summed E-state index contributed by atoms with van der Waals surface area (Å²) in [5.74, 6) is 0.621. The van der Waals surface area contributed by atoms with Crippen molar-refractivity contribution in [2.75, 3.05) is 31.7 Å². The van der Waals surface area contributed by atoms with Gasteiger partial charge in [-0.1, -0.05) is 0 Å². The number of benzene rings is 1. The number of H-pyrrole nitrogens is 1. The van der Waals surface area contributed by atoms with E-state index in [4.69, 9.17) is 9.47 Å². The number of aromatic nitrogens is 2. The lowest BCUT2D eigenvalue weighted by molar-refractivity contribution is -0.143. The number of hydrogen-bond acceptors (Lipinski definition) is 6. The Morgan fingerprint density at radius 1 is 1.34 bits per heavy atom. The summed E-state index contributed by atoms with van der Waals surface area (Å²) >= 11 is 0. The maximum Gasteiger partial charge on any atom is 0.309 e. The molecule has 1 aliphatic heterocycles. The number of anilines is 1. The van der Waals surface area contributed by atoms with Crippen molar-refractivity contribution in [3.63, 3.8) is 0 Å². The SMILES string of the molecule is COC(=O)C1CC12CCN(c1nc3cc(OCC4CC4)cc(F)c3c(=O)[nH]1)CC2. The number of fused-ring (bicyclic) bond motifs is 1. The molecular formula is C21H24FN3O4. The van der Waals surface area contributed by atoms with Crippen LogP contribution in [0.3, 0.4) is 0 Å². The molecule has 0 amide bonds. The van der Waals surface area contributed by atoms with Crippen molar-refractivity contribution in [3.05, 3.63) is 28.3 Å². The Morgan fingerprint density at radius 3 is 2.79 bits per heavy atom. The molecule has 3 aliphatic rings. The van der Waals surface area contributed by atoms with Crippen LogP contribution in [-0.4, -0.2) is 42.7 Å². The van der Waals surface area contributed by atoms with Crippen LogP contribution in [0.5, 0.6) is 5.75 Å². The molecule has 154 valence electrons. The van der Waals surface area contributed by atoms with Crippen LogP contribution >= 0.6 is 0 Å². The molecule has 8 heteroatoms. The number of piperidine rings is 1. The zero-order valence-electron chi connectivity index (χ0n) is 16.4. The van der Waals surface area contributed by atoms with Crippen LogP contribution < -0.4 is 15.2 Å². The number of hydrogen-bond donors (Lipinski definition) is 1. The largest absolute Gasteiger partial charge is 0.493 e. The fourth-order valence-electron chi connectivity index (χ4n) is 4.46. The van der Waals surface area contributed by atoms with E-state index >= 15 is 0 Å². The van der Waals surface area contributed by atoms with E-state index in [9.17, 15) is 14.0 Å². The number of nitrogens with one attached hydrogen (secondary N) is 1. The molecule has 0 radical (unpaired) electrons. The number of ether oxygens (including phenoxy) is 2. The summed E-state index contributed by atoms with van der Waals surface area (Å²) in [6.45, 7) is 1.93. The number of halogens is 1. The molecule has 2 aromatic rings. The van der Waals surface area contributed by atoms with Gasteiger partial charge in [0.2, 0.25) is 5.95 Å². The highest BCUT2D eigenvalue weighted by atomic mass is 19.1. The molecule has 1 aromatic carbocycles. The predicted molar refractivity (Wildman–Crippen MR) is 105 cm³/mol. The van der Waals surface area contributed by atoms with Gasteiger partial charge in [-0.3, -0.25) is 14.6 Å². The van der Waals surface area contributed by atoms with Crippen molar-refractivity contribution in [3.8, 4) is 5.75 Å². The van der Waals surface area contributed by atoms with Crippen LogP contribution in [0, 0.1) is 23.1 Å². The molecule has 1 aromatic heterocycles. The molecule has 2 aliphatic carbocycles.